The third kappa shape index (κ3) is 2.96. The second kappa shape index (κ2) is 5.16. The number of nitrogens with zero attached hydrogens (tertiary/aromatic N) is 2. The van der Waals surface area contributed by atoms with Gasteiger partial charge in [0.05, 0.1) is 18.5 Å². The first-order chi connectivity index (χ1) is 7.38. The van der Waals surface area contributed by atoms with Gasteiger partial charge in [-0.15, -0.1) is 0 Å². The fourth-order valence-electron chi connectivity index (χ4n) is 1.72. The van der Waals surface area contributed by atoms with Crippen LogP contribution >= 0.6 is 0 Å². The molecule has 0 aliphatic carbocycles. The van der Waals surface area contributed by atoms with Crippen LogP contribution in [0, 0.1) is 0 Å². The number of rotatable bonds is 4. The molecule has 0 aromatic carbocycles. The molecule has 2 rings (SSSR count). The highest BCUT2D eigenvalue weighted by Crippen LogP contribution is 2.15. The third-order valence-corrected chi connectivity index (χ3v) is 2.64. The van der Waals surface area contributed by atoms with Crippen LogP contribution in [-0.4, -0.2) is 29.1 Å². The minimum absolute atomic E-state index is 0.267. The van der Waals surface area contributed by atoms with Gasteiger partial charge in [0.25, 0.3) is 0 Å². The van der Waals surface area contributed by atoms with Gasteiger partial charge in [-0.1, -0.05) is 0 Å². The molecule has 15 heavy (non-hydrogen) atoms. The van der Waals surface area contributed by atoms with E-state index in [4.69, 9.17) is 9.47 Å². The molecule has 0 saturated carbocycles. The lowest BCUT2D eigenvalue weighted by Crippen LogP contribution is -2.25. The summed E-state index contributed by atoms with van der Waals surface area (Å²) in [6, 6.07) is 0. The molecule has 1 saturated heterocycles. The van der Waals surface area contributed by atoms with Crippen LogP contribution in [0.25, 0.3) is 0 Å². The average Bonchev–Trinajstić information content (AvgIpc) is 2.76. The van der Waals surface area contributed by atoms with Crippen LogP contribution in [-0.2, 0) is 11.3 Å². The van der Waals surface area contributed by atoms with Crippen LogP contribution in [0.4, 0.5) is 0 Å². The van der Waals surface area contributed by atoms with E-state index in [-0.39, 0.29) is 6.10 Å². The van der Waals surface area contributed by atoms with Gasteiger partial charge < -0.3 is 9.47 Å². The highest BCUT2D eigenvalue weighted by molar-refractivity contribution is 5.11. The average molecular weight is 210 g/mol. The molecule has 0 spiro atoms. The first-order valence-corrected chi connectivity index (χ1v) is 5.65. The lowest BCUT2D eigenvalue weighted by atomic mass is 10.1. The first kappa shape index (κ1) is 10.5. The van der Waals surface area contributed by atoms with Crippen LogP contribution in [0.5, 0.6) is 5.75 Å². The fraction of sp³-hybridized carbons (Fsp3) is 0.727. The van der Waals surface area contributed by atoms with Crippen molar-refractivity contribution in [1.29, 1.82) is 0 Å². The minimum atomic E-state index is 0.267. The molecule has 1 fully saturated rings. The van der Waals surface area contributed by atoms with Gasteiger partial charge in [0.1, 0.15) is 6.61 Å². The molecular weight excluding hydrogens is 192 g/mol. The molecular formula is C11H18N2O2. The SMILES string of the molecule is CCn1cc(OCC2CCCCO2)cn1. The molecule has 1 unspecified atom stereocenters. The Morgan fingerprint density at radius 3 is 3.20 bits per heavy atom. The van der Waals surface area contributed by atoms with E-state index in [1.54, 1.807) is 6.20 Å². The molecule has 2 heterocycles. The molecule has 1 aromatic heterocycles. The van der Waals surface area contributed by atoms with Gasteiger partial charge in [0.15, 0.2) is 5.75 Å². The Kier molecular flexibility index (Phi) is 3.61. The number of ether oxygens (including phenoxy) is 2. The molecule has 0 bridgehead atoms. The summed E-state index contributed by atoms with van der Waals surface area (Å²) >= 11 is 0. The third-order valence-electron chi connectivity index (χ3n) is 2.64. The lowest BCUT2D eigenvalue weighted by Gasteiger charge is -2.22. The van der Waals surface area contributed by atoms with E-state index < -0.39 is 0 Å². The van der Waals surface area contributed by atoms with Crippen LogP contribution in [0.2, 0.25) is 0 Å². The number of hydrogen-bond donors (Lipinski definition) is 0. The summed E-state index contributed by atoms with van der Waals surface area (Å²) in [7, 11) is 0. The van der Waals surface area contributed by atoms with Gasteiger partial charge >= 0.3 is 0 Å². The van der Waals surface area contributed by atoms with E-state index >= 15 is 0 Å². The van der Waals surface area contributed by atoms with Crippen molar-refractivity contribution in [1.82, 2.24) is 9.78 Å². The van der Waals surface area contributed by atoms with E-state index in [0.29, 0.717) is 6.61 Å². The van der Waals surface area contributed by atoms with Crippen LogP contribution < -0.4 is 4.74 Å². The van der Waals surface area contributed by atoms with Crippen molar-refractivity contribution < 1.29 is 9.47 Å². The van der Waals surface area contributed by atoms with Gasteiger partial charge in [-0.25, -0.2) is 0 Å². The maximum Gasteiger partial charge on any atom is 0.157 e. The van der Waals surface area contributed by atoms with Gasteiger partial charge in [-0.2, -0.15) is 5.10 Å². The van der Waals surface area contributed by atoms with Gasteiger partial charge in [0, 0.05) is 13.2 Å². The van der Waals surface area contributed by atoms with Gasteiger partial charge in [-0.3, -0.25) is 4.68 Å². The largest absolute Gasteiger partial charge is 0.488 e. The zero-order chi connectivity index (χ0) is 10.5. The van der Waals surface area contributed by atoms with E-state index in [1.807, 2.05) is 10.9 Å². The monoisotopic (exact) mass is 210 g/mol. The molecule has 1 aliphatic rings. The number of aromatic nitrogens is 2. The summed E-state index contributed by atoms with van der Waals surface area (Å²) in [5, 5.41) is 4.15. The van der Waals surface area contributed by atoms with Crippen molar-refractivity contribution in [3.05, 3.63) is 12.4 Å². The van der Waals surface area contributed by atoms with Gasteiger partial charge in [0.2, 0.25) is 0 Å². The maximum atomic E-state index is 5.62. The lowest BCUT2D eigenvalue weighted by molar-refractivity contribution is -0.0110. The summed E-state index contributed by atoms with van der Waals surface area (Å²) in [5.74, 6) is 0.839. The van der Waals surface area contributed by atoms with Gasteiger partial charge in [-0.05, 0) is 26.2 Å². The Bertz CT molecular complexity index is 293. The molecule has 0 amide bonds. The van der Waals surface area contributed by atoms with Crippen molar-refractivity contribution >= 4 is 0 Å². The zero-order valence-electron chi connectivity index (χ0n) is 9.19. The molecule has 1 atom stereocenters. The quantitative estimate of drug-likeness (QED) is 0.761. The van der Waals surface area contributed by atoms with Crippen molar-refractivity contribution in [2.24, 2.45) is 0 Å². The van der Waals surface area contributed by atoms with Crippen molar-refractivity contribution in [3.8, 4) is 5.75 Å². The summed E-state index contributed by atoms with van der Waals surface area (Å²) < 4.78 is 13.1. The maximum absolute atomic E-state index is 5.62. The predicted octanol–water partition coefficient (Wildman–Crippen LogP) is 1.85. The highest BCUT2D eigenvalue weighted by Gasteiger charge is 2.14. The smallest absolute Gasteiger partial charge is 0.157 e. The van der Waals surface area contributed by atoms with Crippen molar-refractivity contribution in [2.75, 3.05) is 13.2 Å². The van der Waals surface area contributed by atoms with E-state index in [0.717, 1.165) is 25.3 Å². The molecule has 84 valence electrons. The number of hydrogen-bond acceptors (Lipinski definition) is 3. The molecule has 1 aliphatic heterocycles. The Morgan fingerprint density at radius 2 is 2.53 bits per heavy atom. The van der Waals surface area contributed by atoms with E-state index in [2.05, 4.69) is 12.0 Å². The Labute approximate surface area is 90.2 Å². The van der Waals surface area contributed by atoms with E-state index in [9.17, 15) is 0 Å². The van der Waals surface area contributed by atoms with Crippen LogP contribution in [0.3, 0.4) is 0 Å². The molecule has 1 aromatic rings. The summed E-state index contributed by atoms with van der Waals surface area (Å²) in [4.78, 5) is 0. The van der Waals surface area contributed by atoms with E-state index in [1.165, 1.54) is 12.8 Å². The predicted molar refractivity (Wildman–Crippen MR) is 57.0 cm³/mol. The topological polar surface area (TPSA) is 36.3 Å². The Morgan fingerprint density at radius 1 is 1.60 bits per heavy atom. The minimum Gasteiger partial charge on any atom is -0.488 e. The van der Waals surface area contributed by atoms with Crippen LogP contribution in [0.1, 0.15) is 26.2 Å². The first-order valence-electron chi connectivity index (χ1n) is 5.65. The second-order valence-corrected chi connectivity index (χ2v) is 3.83. The van der Waals surface area contributed by atoms with Crippen LogP contribution in [0.15, 0.2) is 12.4 Å². The standard InChI is InChI=1S/C11H18N2O2/c1-2-13-8-11(7-12-13)15-9-10-5-3-4-6-14-10/h7-8,10H,2-6,9H2,1H3. The van der Waals surface area contributed by atoms with Crippen molar-refractivity contribution in [3.63, 3.8) is 0 Å². The molecule has 0 radical (unpaired) electrons. The summed E-state index contributed by atoms with van der Waals surface area (Å²) in [6.45, 7) is 4.46. The Hall–Kier alpha value is -1.03. The highest BCUT2D eigenvalue weighted by atomic mass is 16.5. The summed E-state index contributed by atoms with van der Waals surface area (Å²) in [5.41, 5.74) is 0. The molecule has 0 N–H and O–H groups in total. The molecule has 4 heteroatoms. The molecule has 4 nitrogen and oxygen atoms in total. The second-order valence-electron chi connectivity index (χ2n) is 3.83. The van der Waals surface area contributed by atoms with Crippen molar-refractivity contribution in [2.45, 2.75) is 38.8 Å². The zero-order valence-corrected chi connectivity index (χ0v) is 9.19. The Balaban J connectivity index is 1.76. The number of aryl methyl sites for hydroxylation is 1. The fourth-order valence-corrected chi connectivity index (χ4v) is 1.72. The summed E-state index contributed by atoms with van der Waals surface area (Å²) in [6.07, 6.45) is 7.49. The normalized spacial score (nSPS) is 21.5.